The zero-order chi connectivity index (χ0) is 21.7. The van der Waals surface area contributed by atoms with Crippen molar-refractivity contribution in [2.75, 3.05) is 13.2 Å². The molecule has 0 saturated carbocycles. The Morgan fingerprint density at radius 3 is 2.03 bits per heavy atom. The lowest BCUT2D eigenvalue weighted by Crippen LogP contribution is -1.99. The summed E-state index contributed by atoms with van der Waals surface area (Å²) in [5, 5.41) is 3.57. The van der Waals surface area contributed by atoms with Gasteiger partial charge in [-0.1, -0.05) is 83.8 Å². The van der Waals surface area contributed by atoms with Crippen LogP contribution in [0.5, 0.6) is 11.6 Å². The topological polar surface area (TPSA) is 31.4 Å². The summed E-state index contributed by atoms with van der Waals surface area (Å²) in [5.41, 5.74) is 0.982. The van der Waals surface area contributed by atoms with Crippen molar-refractivity contribution in [3.8, 4) is 11.6 Å². The van der Waals surface area contributed by atoms with Crippen LogP contribution in [-0.4, -0.2) is 18.2 Å². The van der Waals surface area contributed by atoms with E-state index in [9.17, 15) is 0 Å². The van der Waals surface area contributed by atoms with Gasteiger partial charge in [-0.3, -0.25) is 0 Å². The maximum absolute atomic E-state index is 6.01. The van der Waals surface area contributed by atoms with Gasteiger partial charge in [0.2, 0.25) is 5.88 Å². The van der Waals surface area contributed by atoms with Gasteiger partial charge in [0, 0.05) is 11.5 Å². The quantitative estimate of drug-likeness (QED) is 0.182. The van der Waals surface area contributed by atoms with Crippen molar-refractivity contribution in [3.63, 3.8) is 0 Å². The third kappa shape index (κ3) is 7.41. The number of fused-ring (bicyclic) bond motifs is 3. The average Bonchev–Trinajstić information content (AvgIpc) is 2.80. The van der Waals surface area contributed by atoms with E-state index in [1.807, 2.05) is 6.07 Å². The van der Waals surface area contributed by atoms with Crippen LogP contribution in [0.15, 0.2) is 42.5 Å². The SMILES string of the molecule is CCCCCCCCCOc1ccc2c(ccc3nc(OCCCCCC)ccc32)c1. The molecular weight excluding hydrogens is 382 g/mol. The second-order valence-electron chi connectivity index (χ2n) is 8.54. The van der Waals surface area contributed by atoms with Crippen molar-refractivity contribution in [3.05, 3.63) is 42.5 Å². The maximum atomic E-state index is 6.01. The summed E-state index contributed by atoms with van der Waals surface area (Å²) in [4.78, 5) is 4.71. The van der Waals surface area contributed by atoms with Crippen LogP contribution in [0.4, 0.5) is 0 Å². The molecule has 2 aromatic carbocycles. The smallest absolute Gasteiger partial charge is 0.213 e. The van der Waals surface area contributed by atoms with Crippen molar-refractivity contribution in [1.29, 1.82) is 0 Å². The fourth-order valence-corrected chi connectivity index (χ4v) is 4.03. The third-order valence-electron chi connectivity index (χ3n) is 5.90. The minimum Gasteiger partial charge on any atom is -0.494 e. The minimum atomic E-state index is 0.720. The summed E-state index contributed by atoms with van der Waals surface area (Å²) in [6.45, 7) is 6.03. The van der Waals surface area contributed by atoms with E-state index in [0.29, 0.717) is 0 Å². The average molecular weight is 422 g/mol. The standard InChI is InChI=1S/C28H39NO2/c1-3-5-7-9-10-11-13-20-30-24-15-16-25-23(22-24)14-18-27-26(25)17-19-28(29-27)31-21-12-8-6-4-2/h14-19,22H,3-13,20-21H2,1-2H3. The third-order valence-corrected chi connectivity index (χ3v) is 5.90. The van der Waals surface area contributed by atoms with Crippen LogP contribution in [0, 0.1) is 0 Å². The number of unbranched alkanes of at least 4 members (excludes halogenated alkanes) is 9. The second-order valence-corrected chi connectivity index (χ2v) is 8.54. The van der Waals surface area contributed by atoms with Crippen LogP contribution < -0.4 is 9.47 Å². The van der Waals surface area contributed by atoms with Crippen molar-refractivity contribution in [2.24, 2.45) is 0 Å². The molecule has 31 heavy (non-hydrogen) atoms. The second kappa shape index (κ2) is 13.2. The predicted octanol–water partition coefficient (Wildman–Crippen LogP) is 8.48. The zero-order valence-corrected chi connectivity index (χ0v) is 19.5. The highest BCUT2D eigenvalue weighted by molar-refractivity contribution is 6.06. The molecule has 0 radical (unpaired) electrons. The predicted molar refractivity (Wildman–Crippen MR) is 132 cm³/mol. The molecule has 3 rings (SSSR count). The number of hydrogen-bond acceptors (Lipinski definition) is 3. The monoisotopic (exact) mass is 421 g/mol. The molecule has 0 bridgehead atoms. The number of hydrogen-bond donors (Lipinski definition) is 0. The highest BCUT2D eigenvalue weighted by Gasteiger charge is 2.06. The van der Waals surface area contributed by atoms with E-state index in [-0.39, 0.29) is 0 Å². The summed E-state index contributed by atoms with van der Waals surface area (Å²) in [7, 11) is 0. The molecule has 0 fully saturated rings. The number of ether oxygens (including phenoxy) is 2. The van der Waals surface area contributed by atoms with Gasteiger partial charge in [0.15, 0.2) is 0 Å². The van der Waals surface area contributed by atoms with Gasteiger partial charge in [0.25, 0.3) is 0 Å². The molecule has 1 heterocycles. The van der Waals surface area contributed by atoms with Gasteiger partial charge in [0.05, 0.1) is 18.7 Å². The first-order valence-corrected chi connectivity index (χ1v) is 12.4. The Bertz CT molecular complexity index is 921. The zero-order valence-electron chi connectivity index (χ0n) is 19.5. The fraction of sp³-hybridized carbons (Fsp3) is 0.536. The van der Waals surface area contributed by atoms with Crippen molar-refractivity contribution in [2.45, 2.75) is 84.5 Å². The molecule has 0 unspecified atom stereocenters. The Morgan fingerprint density at radius 1 is 0.613 bits per heavy atom. The highest BCUT2D eigenvalue weighted by Crippen LogP contribution is 2.29. The molecule has 0 spiro atoms. The molecule has 0 aliphatic rings. The molecule has 0 aliphatic carbocycles. The van der Waals surface area contributed by atoms with Gasteiger partial charge in [-0.25, -0.2) is 4.98 Å². The number of benzene rings is 2. The molecule has 3 nitrogen and oxygen atoms in total. The van der Waals surface area contributed by atoms with Gasteiger partial charge >= 0.3 is 0 Å². The summed E-state index contributed by atoms with van der Waals surface area (Å²) in [6.07, 6.45) is 13.9. The van der Waals surface area contributed by atoms with E-state index in [2.05, 4.69) is 50.2 Å². The lowest BCUT2D eigenvalue weighted by atomic mass is 10.0. The molecule has 0 atom stereocenters. The molecule has 0 saturated heterocycles. The van der Waals surface area contributed by atoms with E-state index < -0.39 is 0 Å². The molecule has 3 aromatic rings. The number of rotatable bonds is 15. The van der Waals surface area contributed by atoms with E-state index in [4.69, 9.17) is 14.5 Å². The van der Waals surface area contributed by atoms with Crippen LogP contribution in [0.25, 0.3) is 21.7 Å². The summed E-state index contributed by atoms with van der Waals surface area (Å²) >= 11 is 0. The van der Waals surface area contributed by atoms with Crippen LogP contribution in [-0.2, 0) is 0 Å². The van der Waals surface area contributed by atoms with E-state index in [1.54, 1.807) is 0 Å². The van der Waals surface area contributed by atoms with Crippen molar-refractivity contribution in [1.82, 2.24) is 4.98 Å². The van der Waals surface area contributed by atoms with Crippen LogP contribution in [0.2, 0.25) is 0 Å². The highest BCUT2D eigenvalue weighted by atomic mass is 16.5. The van der Waals surface area contributed by atoms with Gasteiger partial charge in [-0.15, -0.1) is 0 Å². The number of nitrogens with zero attached hydrogens (tertiary/aromatic N) is 1. The molecule has 3 heteroatoms. The number of aromatic nitrogens is 1. The summed E-state index contributed by atoms with van der Waals surface area (Å²) in [5.74, 6) is 1.68. The van der Waals surface area contributed by atoms with Crippen molar-refractivity contribution >= 4 is 21.7 Å². The Labute approximate surface area is 188 Å². The van der Waals surface area contributed by atoms with Crippen LogP contribution in [0.3, 0.4) is 0 Å². The van der Waals surface area contributed by atoms with Gasteiger partial charge in [-0.2, -0.15) is 0 Å². The molecule has 0 aliphatic heterocycles. The van der Waals surface area contributed by atoms with Gasteiger partial charge in [-0.05, 0) is 47.9 Å². The lowest BCUT2D eigenvalue weighted by molar-refractivity contribution is 0.295. The molecule has 168 valence electrons. The molecular formula is C28H39NO2. The molecule has 0 N–H and O–H groups in total. The van der Waals surface area contributed by atoms with Crippen LogP contribution >= 0.6 is 0 Å². The first-order chi connectivity index (χ1) is 15.3. The van der Waals surface area contributed by atoms with Gasteiger partial charge < -0.3 is 9.47 Å². The molecule has 1 aromatic heterocycles. The van der Waals surface area contributed by atoms with E-state index in [0.717, 1.165) is 48.6 Å². The molecule has 0 amide bonds. The maximum Gasteiger partial charge on any atom is 0.213 e. The van der Waals surface area contributed by atoms with Crippen LogP contribution in [0.1, 0.15) is 84.5 Å². The lowest BCUT2D eigenvalue weighted by Gasteiger charge is -2.10. The Morgan fingerprint density at radius 2 is 1.26 bits per heavy atom. The van der Waals surface area contributed by atoms with E-state index in [1.165, 1.54) is 68.6 Å². The Balaban J connectivity index is 1.53. The normalized spacial score (nSPS) is 11.3. The van der Waals surface area contributed by atoms with Crippen molar-refractivity contribution < 1.29 is 9.47 Å². The fourth-order valence-electron chi connectivity index (χ4n) is 4.03. The summed E-state index contributed by atoms with van der Waals surface area (Å²) in [6, 6.07) is 14.7. The minimum absolute atomic E-state index is 0.720. The first kappa shape index (κ1) is 23.4. The summed E-state index contributed by atoms with van der Waals surface area (Å²) < 4.78 is 11.9. The first-order valence-electron chi connectivity index (χ1n) is 12.4. The van der Waals surface area contributed by atoms with E-state index >= 15 is 0 Å². The Hall–Kier alpha value is -2.29. The van der Waals surface area contributed by atoms with Gasteiger partial charge in [0.1, 0.15) is 5.75 Å². The largest absolute Gasteiger partial charge is 0.494 e. The number of pyridine rings is 1. The Kier molecular flexibility index (Phi) is 9.95.